The molecule has 0 fully saturated rings. The SMILES string of the molecule is C/N=C(\Cn1cc(-c2cnc3ccccc3c2)c2c(N)ncnc21)c1ccc(F)cc1Br. The second kappa shape index (κ2) is 8.12. The number of nitrogen functional groups attached to an aromatic ring is 1. The van der Waals surface area contributed by atoms with Crippen LogP contribution in [0.5, 0.6) is 0 Å². The van der Waals surface area contributed by atoms with E-state index in [1.807, 2.05) is 41.2 Å². The zero-order chi connectivity index (χ0) is 22.2. The van der Waals surface area contributed by atoms with Crippen LogP contribution in [0.15, 0.2) is 76.7 Å². The number of hydrogen-bond acceptors (Lipinski definition) is 5. The molecule has 5 rings (SSSR count). The number of aliphatic imine (C=N–C) groups is 1. The third-order valence-electron chi connectivity index (χ3n) is 5.42. The van der Waals surface area contributed by atoms with Gasteiger partial charge in [0.15, 0.2) is 0 Å². The Morgan fingerprint density at radius 3 is 2.78 bits per heavy atom. The number of aromatic nitrogens is 4. The Morgan fingerprint density at radius 1 is 1.12 bits per heavy atom. The first-order chi connectivity index (χ1) is 15.5. The highest BCUT2D eigenvalue weighted by Crippen LogP contribution is 2.34. The maximum absolute atomic E-state index is 13.6. The standard InChI is InChI=1S/C24H18BrFN6/c1-28-21(17-7-6-16(26)9-19(17)25)12-32-11-18(22-23(27)30-13-31-24(22)32)15-8-14-4-2-3-5-20(14)29-10-15/h2-11,13H,12H2,1H3,(H2,27,30,31)/b28-21+. The average molecular weight is 489 g/mol. The first-order valence-corrected chi connectivity index (χ1v) is 10.7. The number of benzene rings is 2. The Labute approximate surface area is 191 Å². The fourth-order valence-electron chi connectivity index (χ4n) is 3.87. The molecule has 8 heteroatoms. The average Bonchev–Trinajstić information content (AvgIpc) is 3.17. The van der Waals surface area contributed by atoms with Crippen LogP contribution in [0.2, 0.25) is 0 Å². The number of anilines is 1. The summed E-state index contributed by atoms with van der Waals surface area (Å²) in [7, 11) is 1.72. The van der Waals surface area contributed by atoms with Gasteiger partial charge in [0.1, 0.15) is 23.6 Å². The van der Waals surface area contributed by atoms with E-state index in [4.69, 9.17) is 5.73 Å². The molecule has 0 aliphatic rings. The number of fused-ring (bicyclic) bond motifs is 2. The molecule has 3 aromatic heterocycles. The van der Waals surface area contributed by atoms with Crippen molar-refractivity contribution in [3.63, 3.8) is 0 Å². The third kappa shape index (κ3) is 3.52. The maximum Gasteiger partial charge on any atom is 0.146 e. The van der Waals surface area contributed by atoms with Crippen molar-refractivity contribution in [1.82, 2.24) is 19.5 Å². The minimum Gasteiger partial charge on any atom is -0.383 e. The van der Waals surface area contributed by atoms with E-state index in [9.17, 15) is 4.39 Å². The van der Waals surface area contributed by atoms with Gasteiger partial charge in [-0.1, -0.05) is 34.1 Å². The summed E-state index contributed by atoms with van der Waals surface area (Å²) < 4.78 is 16.2. The molecule has 0 aliphatic carbocycles. The number of nitrogens with two attached hydrogens (primary N) is 1. The highest BCUT2D eigenvalue weighted by atomic mass is 79.9. The van der Waals surface area contributed by atoms with Crippen molar-refractivity contribution >= 4 is 49.4 Å². The number of rotatable bonds is 4. The minimum atomic E-state index is -0.311. The molecule has 158 valence electrons. The second-order valence-electron chi connectivity index (χ2n) is 7.34. The van der Waals surface area contributed by atoms with E-state index in [0.717, 1.165) is 38.7 Å². The number of hydrogen-bond donors (Lipinski definition) is 1. The zero-order valence-electron chi connectivity index (χ0n) is 17.1. The molecular weight excluding hydrogens is 471 g/mol. The highest BCUT2D eigenvalue weighted by molar-refractivity contribution is 9.10. The van der Waals surface area contributed by atoms with Crippen LogP contribution in [-0.4, -0.2) is 32.3 Å². The number of halogens is 2. The summed E-state index contributed by atoms with van der Waals surface area (Å²) in [6, 6.07) is 14.6. The third-order valence-corrected chi connectivity index (χ3v) is 6.07. The Morgan fingerprint density at radius 2 is 1.97 bits per heavy atom. The Hall–Kier alpha value is -3.65. The van der Waals surface area contributed by atoms with Gasteiger partial charge in [-0.3, -0.25) is 9.98 Å². The molecule has 0 radical (unpaired) electrons. The van der Waals surface area contributed by atoms with E-state index in [2.05, 4.69) is 41.9 Å². The van der Waals surface area contributed by atoms with Crippen LogP contribution in [0.25, 0.3) is 33.1 Å². The van der Waals surface area contributed by atoms with Crippen LogP contribution >= 0.6 is 15.9 Å². The van der Waals surface area contributed by atoms with Crippen molar-refractivity contribution in [2.24, 2.45) is 4.99 Å². The van der Waals surface area contributed by atoms with E-state index < -0.39 is 0 Å². The van der Waals surface area contributed by atoms with Crippen molar-refractivity contribution in [2.45, 2.75) is 6.54 Å². The van der Waals surface area contributed by atoms with Crippen molar-refractivity contribution in [3.05, 3.63) is 83.1 Å². The fourth-order valence-corrected chi connectivity index (χ4v) is 4.45. The minimum absolute atomic E-state index is 0.311. The molecular formula is C24H18BrFN6. The smallest absolute Gasteiger partial charge is 0.146 e. The van der Waals surface area contributed by atoms with Crippen LogP contribution in [0, 0.1) is 5.82 Å². The second-order valence-corrected chi connectivity index (χ2v) is 8.19. The molecule has 5 aromatic rings. The van der Waals surface area contributed by atoms with Crippen LogP contribution in [0.4, 0.5) is 10.2 Å². The Balaban J connectivity index is 1.65. The summed E-state index contributed by atoms with van der Waals surface area (Å²) in [6.07, 6.45) is 5.27. The van der Waals surface area contributed by atoms with Gasteiger partial charge in [0, 0.05) is 46.0 Å². The molecule has 0 amide bonds. The van der Waals surface area contributed by atoms with Crippen LogP contribution < -0.4 is 5.73 Å². The van der Waals surface area contributed by atoms with Crippen molar-refractivity contribution < 1.29 is 4.39 Å². The molecule has 0 atom stereocenters. The highest BCUT2D eigenvalue weighted by Gasteiger charge is 2.18. The summed E-state index contributed by atoms with van der Waals surface area (Å²) in [6.45, 7) is 0.425. The van der Waals surface area contributed by atoms with Crippen molar-refractivity contribution in [2.75, 3.05) is 12.8 Å². The number of nitrogens with zero attached hydrogens (tertiary/aromatic N) is 5. The van der Waals surface area contributed by atoms with E-state index in [1.165, 1.54) is 18.5 Å². The molecule has 2 aromatic carbocycles. The fraction of sp³-hybridized carbons (Fsp3) is 0.0833. The van der Waals surface area contributed by atoms with Crippen LogP contribution in [0.3, 0.4) is 0 Å². The Bertz CT molecular complexity index is 1510. The lowest BCUT2D eigenvalue weighted by molar-refractivity contribution is 0.627. The maximum atomic E-state index is 13.6. The van der Waals surface area contributed by atoms with Crippen molar-refractivity contribution in [3.8, 4) is 11.1 Å². The molecule has 0 saturated heterocycles. The van der Waals surface area contributed by atoms with E-state index in [0.29, 0.717) is 22.5 Å². The Kier molecular flexibility index (Phi) is 5.14. The van der Waals surface area contributed by atoms with Crippen molar-refractivity contribution in [1.29, 1.82) is 0 Å². The zero-order valence-corrected chi connectivity index (χ0v) is 18.7. The molecule has 32 heavy (non-hydrogen) atoms. The topological polar surface area (TPSA) is 82.0 Å². The summed E-state index contributed by atoms with van der Waals surface area (Å²) in [5.41, 5.74) is 11.3. The summed E-state index contributed by atoms with van der Waals surface area (Å²) in [5.74, 6) is 0.0870. The molecule has 0 unspecified atom stereocenters. The van der Waals surface area contributed by atoms with Gasteiger partial charge in [-0.05, 0) is 30.3 Å². The van der Waals surface area contributed by atoms with E-state index in [1.54, 1.807) is 13.1 Å². The summed E-state index contributed by atoms with van der Waals surface area (Å²) >= 11 is 3.44. The lowest BCUT2D eigenvalue weighted by Gasteiger charge is -2.10. The van der Waals surface area contributed by atoms with Gasteiger partial charge < -0.3 is 10.3 Å². The lowest BCUT2D eigenvalue weighted by Crippen LogP contribution is -2.12. The first-order valence-electron chi connectivity index (χ1n) is 9.90. The number of pyridine rings is 1. The monoisotopic (exact) mass is 488 g/mol. The summed E-state index contributed by atoms with van der Waals surface area (Å²) in [4.78, 5) is 17.7. The molecule has 0 bridgehead atoms. The number of para-hydroxylation sites is 1. The normalized spacial score (nSPS) is 12.0. The van der Waals surface area contributed by atoms with Gasteiger partial charge in [0.05, 0.1) is 23.2 Å². The van der Waals surface area contributed by atoms with Crippen LogP contribution in [-0.2, 0) is 6.54 Å². The predicted molar refractivity (Wildman–Crippen MR) is 129 cm³/mol. The van der Waals surface area contributed by atoms with Gasteiger partial charge >= 0.3 is 0 Å². The lowest BCUT2D eigenvalue weighted by atomic mass is 10.1. The molecule has 0 aliphatic heterocycles. The quantitative estimate of drug-likeness (QED) is 0.350. The van der Waals surface area contributed by atoms with Gasteiger partial charge in [0.2, 0.25) is 0 Å². The summed E-state index contributed by atoms with van der Waals surface area (Å²) in [5, 5.41) is 1.80. The molecule has 2 N–H and O–H groups in total. The molecule has 0 saturated carbocycles. The first kappa shape index (κ1) is 20.3. The van der Waals surface area contributed by atoms with Gasteiger partial charge in [-0.2, -0.15) is 0 Å². The van der Waals surface area contributed by atoms with Gasteiger partial charge in [0.25, 0.3) is 0 Å². The molecule has 6 nitrogen and oxygen atoms in total. The van der Waals surface area contributed by atoms with Gasteiger partial charge in [-0.25, -0.2) is 14.4 Å². The predicted octanol–water partition coefficient (Wildman–Crippen LogP) is 5.25. The largest absolute Gasteiger partial charge is 0.383 e. The van der Waals surface area contributed by atoms with E-state index >= 15 is 0 Å². The molecule has 3 heterocycles. The van der Waals surface area contributed by atoms with E-state index in [-0.39, 0.29) is 5.82 Å². The van der Waals surface area contributed by atoms with Gasteiger partial charge in [-0.15, -0.1) is 0 Å². The van der Waals surface area contributed by atoms with Crippen LogP contribution in [0.1, 0.15) is 5.56 Å². The molecule has 0 spiro atoms.